The fourth-order valence-electron chi connectivity index (χ4n) is 2.70. The summed E-state index contributed by atoms with van der Waals surface area (Å²) < 4.78 is 5.42. The Morgan fingerprint density at radius 2 is 1.89 bits per heavy atom. The SMILES string of the molecule is C=CCC(=O)OC1CCC(c2ccc(C)cc2)CC1. The highest BCUT2D eigenvalue weighted by molar-refractivity contribution is 5.71. The first-order valence-corrected chi connectivity index (χ1v) is 7.06. The van der Waals surface area contributed by atoms with Crippen LogP contribution >= 0.6 is 0 Å². The average Bonchev–Trinajstić information content (AvgIpc) is 2.41. The van der Waals surface area contributed by atoms with E-state index in [1.807, 2.05) is 0 Å². The quantitative estimate of drug-likeness (QED) is 0.599. The Kier molecular flexibility index (Phi) is 4.78. The van der Waals surface area contributed by atoms with Crippen LogP contribution in [0.2, 0.25) is 0 Å². The first-order valence-electron chi connectivity index (χ1n) is 7.06. The van der Waals surface area contributed by atoms with Crippen molar-refractivity contribution in [1.82, 2.24) is 0 Å². The molecule has 2 nitrogen and oxygen atoms in total. The summed E-state index contributed by atoms with van der Waals surface area (Å²) in [7, 11) is 0. The molecule has 1 aromatic rings. The normalized spacial score (nSPS) is 22.8. The summed E-state index contributed by atoms with van der Waals surface area (Å²) >= 11 is 0. The summed E-state index contributed by atoms with van der Waals surface area (Å²) in [5, 5.41) is 0. The van der Waals surface area contributed by atoms with Crippen LogP contribution < -0.4 is 0 Å². The van der Waals surface area contributed by atoms with Crippen molar-refractivity contribution in [3.8, 4) is 0 Å². The minimum Gasteiger partial charge on any atom is -0.462 e. The van der Waals surface area contributed by atoms with Gasteiger partial charge < -0.3 is 4.74 Å². The molecule has 0 amide bonds. The maximum Gasteiger partial charge on any atom is 0.309 e. The van der Waals surface area contributed by atoms with E-state index in [1.54, 1.807) is 6.08 Å². The zero-order chi connectivity index (χ0) is 13.7. The number of hydrogen-bond donors (Lipinski definition) is 0. The molecule has 0 aromatic heterocycles. The number of carbonyl (C=O) groups is 1. The van der Waals surface area contributed by atoms with E-state index in [-0.39, 0.29) is 12.1 Å². The van der Waals surface area contributed by atoms with Crippen LogP contribution in [0.4, 0.5) is 0 Å². The monoisotopic (exact) mass is 258 g/mol. The van der Waals surface area contributed by atoms with Crippen molar-refractivity contribution < 1.29 is 9.53 Å². The van der Waals surface area contributed by atoms with Gasteiger partial charge in [-0.3, -0.25) is 4.79 Å². The van der Waals surface area contributed by atoms with Crippen LogP contribution in [-0.4, -0.2) is 12.1 Å². The molecule has 1 saturated carbocycles. The predicted octanol–water partition coefficient (Wildman–Crippen LogP) is 4.14. The van der Waals surface area contributed by atoms with E-state index in [0.29, 0.717) is 12.3 Å². The molecule has 102 valence electrons. The zero-order valence-corrected chi connectivity index (χ0v) is 11.6. The summed E-state index contributed by atoms with van der Waals surface area (Å²) in [5.41, 5.74) is 2.72. The average molecular weight is 258 g/mol. The minimum absolute atomic E-state index is 0.106. The van der Waals surface area contributed by atoms with Gasteiger partial charge in [0.15, 0.2) is 0 Å². The standard InChI is InChI=1S/C17H22O2/c1-3-4-17(18)19-16-11-9-15(10-12-16)14-7-5-13(2)6-8-14/h3,5-8,15-16H,1,4,9-12H2,2H3. The Labute approximate surface area is 115 Å². The topological polar surface area (TPSA) is 26.3 Å². The Bertz CT molecular complexity index is 425. The third kappa shape index (κ3) is 3.95. The number of hydrogen-bond acceptors (Lipinski definition) is 2. The van der Waals surface area contributed by atoms with E-state index in [1.165, 1.54) is 11.1 Å². The Morgan fingerprint density at radius 3 is 2.47 bits per heavy atom. The van der Waals surface area contributed by atoms with Crippen LogP contribution in [0.1, 0.15) is 49.1 Å². The maximum atomic E-state index is 11.4. The highest BCUT2D eigenvalue weighted by Crippen LogP contribution is 2.34. The second-order valence-electron chi connectivity index (χ2n) is 5.37. The lowest BCUT2D eigenvalue weighted by Gasteiger charge is -2.28. The molecule has 1 aromatic carbocycles. The highest BCUT2D eigenvalue weighted by Gasteiger charge is 2.24. The van der Waals surface area contributed by atoms with Gasteiger partial charge in [0.2, 0.25) is 0 Å². The minimum atomic E-state index is -0.145. The zero-order valence-electron chi connectivity index (χ0n) is 11.6. The van der Waals surface area contributed by atoms with Crippen molar-refractivity contribution >= 4 is 5.97 Å². The Balaban J connectivity index is 1.83. The van der Waals surface area contributed by atoms with Gasteiger partial charge in [-0.15, -0.1) is 6.58 Å². The van der Waals surface area contributed by atoms with Gasteiger partial charge in [-0.05, 0) is 44.1 Å². The van der Waals surface area contributed by atoms with Crippen molar-refractivity contribution in [3.63, 3.8) is 0 Å². The van der Waals surface area contributed by atoms with Gasteiger partial charge >= 0.3 is 5.97 Å². The lowest BCUT2D eigenvalue weighted by Crippen LogP contribution is -2.23. The van der Waals surface area contributed by atoms with Crippen LogP contribution in [0.15, 0.2) is 36.9 Å². The smallest absolute Gasteiger partial charge is 0.309 e. The molecule has 0 bridgehead atoms. The van der Waals surface area contributed by atoms with Crippen LogP contribution in [-0.2, 0) is 9.53 Å². The van der Waals surface area contributed by atoms with Gasteiger partial charge in [0.25, 0.3) is 0 Å². The van der Waals surface area contributed by atoms with Crippen LogP contribution in [0.3, 0.4) is 0 Å². The lowest BCUT2D eigenvalue weighted by molar-refractivity contribution is -0.149. The third-order valence-electron chi connectivity index (χ3n) is 3.83. The maximum absolute atomic E-state index is 11.4. The number of carbonyl (C=O) groups excluding carboxylic acids is 1. The van der Waals surface area contributed by atoms with E-state index in [9.17, 15) is 4.79 Å². The second-order valence-corrected chi connectivity index (χ2v) is 5.37. The van der Waals surface area contributed by atoms with Crippen molar-refractivity contribution in [2.45, 2.75) is 51.0 Å². The van der Waals surface area contributed by atoms with Crippen molar-refractivity contribution in [2.75, 3.05) is 0 Å². The summed E-state index contributed by atoms with van der Waals surface area (Å²) in [6.07, 6.45) is 6.18. The molecule has 1 fully saturated rings. The molecular weight excluding hydrogens is 236 g/mol. The summed E-state index contributed by atoms with van der Waals surface area (Å²) in [5.74, 6) is 0.476. The summed E-state index contributed by atoms with van der Waals surface area (Å²) in [6, 6.07) is 8.80. The molecule has 0 unspecified atom stereocenters. The van der Waals surface area contributed by atoms with Gasteiger partial charge in [-0.2, -0.15) is 0 Å². The molecule has 0 heterocycles. The molecule has 0 aliphatic heterocycles. The van der Waals surface area contributed by atoms with Crippen LogP contribution in [0, 0.1) is 6.92 Å². The van der Waals surface area contributed by atoms with Gasteiger partial charge in [0.1, 0.15) is 6.10 Å². The van der Waals surface area contributed by atoms with Gasteiger partial charge in [-0.25, -0.2) is 0 Å². The van der Waals surface area contributed by atoms with Crippen molar-refractivity contribution in [1.29, 1.82) is 0 Å². The fourth-order valence-corrected chi connectivity index (χ4v) is 2.70. The Hall–Kier alpha value is -1.57. The predicted molar refractivity (Wildman–Crippen MR) is 77.1 cm³/mol. The van der Waals surface area contributed by atoms with Crippen molar-refractivity contribution in [3.05, 3.63) is 48.0 Å². The van der Waals surface area contributed by atoms with E-state index < -0.39 is 0 Å². The highest BCUT2D eigenvalue weighted by atomic mass is 16.5. The summed E-state index contributed by atoms with van der Waals surface area (Å²) in [4.78, 5) is 11.4. The molecule has 1 aliphatic rings. The van der Waals surface area contributed by atoms with Crippen LogP contribution in [0.5, 0.6) is 0 Å². The van der Waals surface area contributed by atoms with Gasteiger partial charge in [-0.1, -0.05) is 35.9 Å². The van der Waals surface area contributed by atoms with Crippen LogP contribution in [0.25, 0.3) is 0 Å². The van der Waals surface area contributed by atoms with Gasteiger partial charge in [0.05, 0.1) is 6.42 Å². The first kappa shape index (κ1) is 13.9. The molecule has 0 radical (unpaired) electrons. The van der Waals surface area contributed by atoms with E-state index in [0.717, 1.165) is 25.7 Å². The molecule has 2 heteroatoms. The fraction of sp³-hybridized carbons (Fsp3) is 0.471. The van der Waals surface area contributed by atoms with E-state index in [4.69, 9.17) is 4.74 Å². The molecule has 19 heavy (non-hydrogen) atoms. The number of ether oxygens (including phenoxy) is 1. The molecule has 0 saturated heterocycles. The molecule has 0 N–H and O–H groups in total. The first-order chi connectivity index (χ1) is 9.19. The number of aryl methyl sites for hydroxylation is 1. The van der Waals surface area contributed by atoms with E-state index >= 15 is 0 Å². The number of esters is 1. The number of rotatable bonds is 4. The third-order valence-corrected chi connectivity index (χ3v) is 3.83. The van der Waals surface area contributed by atoms with E-state index in [2.05, 4.69) is 37.8 Å². The Morgan fingerprint density at radius 1 is 1.26 bits per heavy atom. The molecule has 2 rings (SSSR count). The molecule has 1 aliphatic carbocycles. The van der Waals surface area contributed by atoms with Crippen molar-refractivity contribution in [2.24, 2.45) is 0 Å². The van der Waals surface area contributed by atoms with Gasteiger partial charge in [0, 0.05) is 0 Å². The largest absolute Gasteiger partial charge is 0.462 e. The number of benzene rings is 1. The molecular formula is C17H22O2. The molecule has 0 atom stereocenters. The second kappa shape index (κ2) is 6.55. The lowest BCUT2D eigenvalue weighted by atomic mass is 9.82. The summed E-state index contributed by atoms with van der Waals surface area (Å²) in [6.45, 7) is 5.66. The molecule has 0 spiro atoms.